The van der Waals surface area contributed by atoms with E-state index >= 15 is 0 Å². The normalized spacial score (nSPS) is 10.6. The van der Waals surface area contributed by atoms with E-state index in [1.807, 2.05) is 54.6 Å². The van der Waals surface area contributed by atoms with Crippen LogP contribution in [0.5, 0.6) is 11.5 Å². The Hall–Kier alpha value is -4.19. The van der Waals surface area contributed by atoms with Crippen LogP contribution in [0.3, 0.4) is 0 Å². The first-order valence-corrected chi connectivity index (χ1v) is 9.20. The molecule has 30 heavy (non-hydrogen) atoms. The van der Waals surface area contributed by atoms with Gasteiger partial charge in [-0.05, 0) is 23.3 Å². The summed E-state index contributed by atoms with van der Waals surface area (Å²) in [6.07, 6.45) is -1.51. The third kappa shape index (κ3) is 3.84. The van der Waals surface area contributed by atoms with E-state index in [0.29, 0.717) is 22.2 Å². The molecule has 6 nitrogen and oxygen atoms in total. The number of carboxylic acid groups (broad SMARTS) is 1. The third-order valence-electron chi connectivity index (χ3n) is 4.50. The molecule has 0 amide bonds. The second-order valence-electron chi connectivity index (χ2n) is 6.54. The van der Waals surface area contributed by atoms with E-state index in [4.69, 9.17) is 9.47 Å². The molecular weight excluding hydrogens is 382 g/mol. The minimum atomic E-state index is -1.51. The molecule has 0 saturated carbocycles. The molecule has 1 N–H and O–H groups in total. The fourth-order valence-electron chi connectivity index (χ4n) is 3.24. The lowest BCUT2D eigenvalue weighted by atomic mass is 10.0. The lowest BCUT2D eigenvalue weighted by Crippen LogP contribution is -2.10. The molecule has 0 atom stereocenters. The van der Waals surface area contributed by atoms with Crippen LogP contribution in [-0.4, -0.2) is 22.2 Å². The minimum absolute atomic E-state index is 0.0314. The van der Waals surface area contributed by atoms with E-state index in [0.717, 1.165) is 11.1 Å². The second kappa shape index (κ2) is 8.05. The standard InChI is InChI=1S/C24H17NO5/c1-15(26)29-23-21(18-13-11-17(12-14-18)16-7-3-2-4-8-16)25-20-10-6-5-9-19(20)22(23)30-24(27)28/h2-14H,1H3,(H,27,28). The lowest BCUT2D eigenvalue weighted by molar-refractivity contribution is -0.132. The van der Waals surface area contributed by atoms with E-state index in [1.54, 1.807) is 24.3 Å². The maximum Gasteiger partial charge on any atom is 0.511 e. The first kappa shape index (κ1) is 19.1. The molecule has 0 radical (unpaired) electrons. The first-order valence-electron chi connectivity index (χ1n) is 9.20. The molecule has 0 bridgehead atoms. The summed E-state index contributed by atoms with van der Waals surface area (Å²) in [5.74, 6) is -0.703. The molecule has 0 aliphatic carbocycles. The molecule has 3 aromatic carbocycles. The van der Waals surface area contributed by atoms with Gasteiger partial charge in [-0.2, -0.15) is 0 Å². The van der Waals surface area contributed by atoms with Gasteiger partial charge in [-0.3, -0.25) is 4.79 Å². The molecular formula is C24H17NO5. The average molecular weight is 399 g/mol. The number of ether oxygens (including phenoxy) is 2. The van der Waals surface area contributed by atoms with Gasteiger partial charge in [-0.1, -0.05) is 66.7 Å². The van der Waals surface area contributed by atoms with Crippen LogP contribution in [-0.2, 0) is 4.79 Å². The molecule has 0 aliphatic heterocycles. The van der Waals surface area contributed by atoms with Crippen molar-refractivity contribution in [1.82, 2.24) is 4.98 Å². The number of aromatic nitrogens is 1. The Bertz CT molecular complexity index is 1230. The molecule has 4 aromatic rings. The number of carbonyl (C=O) groups excluding carboxylic acids is 1. The van der Waals surface area contributed by atoms with Gasteiger partial charge in [-0.25, -0.2) is 9.78 Å². The van der Waals surface area contributed by atoms with Gasteiger partial charge >= 0.3 is 12.1 Å². The van der Waals surface area contributed by atoms with Gasteiger partial charge in [0.25, 0.3) is 0 Å². The van der Waals surface area contributed by atoms with Crippen molar-refractivity contribution in [2.45, 2.75) is 6.92 Å². The maximum absolute atomic E-state index is 11.8. The molecule has 1 heterocycles. The number of esters is 1. The highest BCUT2D eigenvalue weighted by atomic mass is 16.7. The minimum Gasteiger partial charge on any atom is -0.449 e. The Morgan fingerprint density at radius 2 is 1.33 bits per heavy atom. The maximum atomic E-state index is 11.8. The van der Waals surface area contributed by atoms with Crippen LogP contribution in [0.1, 0.15) is 6.92 Å². The van der Waals surface area contributed by atoms with Crippen LogP contribution in [0.4, 0.5) is 4.79 Å². The summed E-state index contributed by atoms with van der Waals surface area (Å²) in [5.41, 5.74) is 3.57. The predicted molar refractivity (Wildman–Crippen MR) is 113 cm³/mol. The number of pyridine rings is 1. The van der Waals surface area contributed by atoms with Gasteiger partial charge < -0.3 is 14.6 Å². The van der Waals surface area contributed by atoms with Gasteiger partial charge in [0, 0.05) is 17.9 Å². The van der Waals surface area contributed by atoms with Gasteiger partial charge in [-0.15, -0.1) is 0 Å². The zero-order valence-corrected chi connectivity index (χ0v) is 16.0. The molecule has 4 rings (SSSR count). The smallest absolute Gasteiger partial charge is 0.449 e. The summed E-state index contributed by atoms with van der Waals surface area (Å²) in [6.45, 7) is 1.24. The van der Waals surface area contributed by atoms with Crippen LogP contribution < -0.4 is 9.47 Å². The van der Waals surface area contributed by atoms with Crippen LogP contribution >= 0.6 is 0 Å². The number of hydrogen-bond donors (Lipinski definition) is 1. The molecule has 0 saturated heterocycles. The molecule has 0 unspecified atom stereocenters. The average Bonchev–Trinajstić information content (AvgIpc) is 2.75. The van der Waals surface area contributed by atoms with Crippen LogP contribution in [0, 0.1) is 0 Å². The topological polar surface area (TPSA) is 85.7 Å². The number of para-hydroxylation sites is 1. The van der Waals surface area contributed by atoms with Crippen molar-refractivity contribution in [2.24, 2.45) is 0 Å². The van der Waals surface area contributed by atoms with Crippen molar-refractivity contribution in [2.75, 3.05) is 0 Å². The highest BCUT2D eigenvalue weighted by Gasteiger charge is 2.23. The Morgan fingerprint density at radius 1 is 0.733 bits per heavy atom. The van der Waals surface area contributed by atoms with Gasteiger partial charge in [0.15, 0.2) is 5.75 Å². The molecule has 0 fully saturated rings. The predicted octanol–water partition coefficient (Wildman–Crippen LogP) is 5.55. The van der Waals surface area contributed by atoms with Crippen molar-refractivity contribution >= 4 is 23.0 Å². The van der Waals surface area contributed by atoms with E-state index in [9.17, 15) is 14.7 Å². The fraction of sp³-hybridized carbons (Fsp3) is 0.0417. The van der Waals surface area contributed by atoms with E-state index < -0.39 is 12.1 Å². The van der Waals surface area contributed by atoms with Crippen molar-refractivity contribution in [3.8, 4) is 33.9 Å². The van der Waals surface area contributed by atoms with Crippen LogP contribution in [0.15, 0.2) is 78.9 Å². The summed E-state index contributed by atoms with van der Waals surface area (Å²) in [4.78, 5) is 27.7. The summed E-state index contributed by atoms with van der Waals surface area (Å²) in [5, 5.41) is 9.66. The largest absolute Gasteiger partial charge is 0.511 e. The highest BCUT2D eigenvalue weighted by Crippen LogP contribution is 2.42. The zero-order valence-electron chi connectivity index (χ0n) is 16.0. The van der Waals surface area contributed by atoms with E-state index in [2.05, 4.69) is 4.98 Å². The van der Waals surface area contributed by atoms with Crippen molar-refractivity contribution < 1.29 is 24.2 Å². The fourth-order valence-corrected chi connectivity index (χ4v) is 3.24. The SMILES string of the molecule is CC(=O)Oc1c(-c2ccc(-c3ccccc3)cc2)nc2ccccc2c1OC(=O)O. The monoisotopic (exact) mass is 399 g/mol. The number of hydrogen-bond acceptors (Lipinski definition) is 5. The quantitative estimate of drug-likeness (QED) is 0.453. The summed E-state index contributed by atoms with van der Waals surface area (Å²) in [7, 11) is 0. The molecule has 6 heteroatoms. The second-order valence-corrected chi connectivity index (χ2v) is 6.54. The van der Waals surface area contributed by atoms with E-state index in [1.165, 1.54) is 6.92 Å². The molecule has 148 valence electrons. The van der Waals surface area contributed by atoms with Gasteiger partial charge in [0.2, 0.25) is 5.75 Å². The highest BCUT2D eigenvalue weighted by molar-refractivity contribution is 5.95. The van der Waals surface area contributed by atoms with Crippen LogP contribution in [0.2, 0.25) is 0 Å². The number of nitrogens with zero attached hydrogens (tertiary/aromatic N) is 1. The summed E-state index contributed by atoms with van der Waals surface area (Å²) >= 11 is 0. The van der Waals surface area contributed by atoms with Crippen LogP contribution in [0.25, 0.3) is 33.3 Å². The van der Waals surface area contributed by atoms with Gasteiger partial charge in [0.05, 0.1) is 5.52 Å². The lowest BCUT2D eigenvalue weighted by Gasteiger charge is -2.15. The Morgan fingerprint density at radius 3 is 2.00 bits per heavy atom. The molecule has 0 aliphatic rings. The number of benzene rings is 3. The first-order chi connectivity index (χ1) is 14.5. The Kier molecular flexibility index (Phi) is 5.13. The number of carbonyl (C=O) groups is 2. The number of rotatable bonds is 4. The summed E-state index contributed by atoms with van der Waals surface area (Å²) in [6, 6.07) is 24.3. The number of fused-ring (bicyclic) bond motifs is 1. The summed E-state index contributed by atoms with van der Waals surface area (Å²) < 4.78 is 10.4. The third-order valence-corrected chi connectivity index (χ3v) is 4.50. The Labute approximate surface area is 172 Å². The molecule has 0 spiro atoms. The Balaban J connectivity index is 1.91. The van der Waals surface area contributed by atoms with E-state index in [-0.39, 0.29) is 11.5 Å². The van der Waals surface area contributed by atoms with Gasteiger partial charge in [0.1, 0.15) is 5.69 Å². The van der Waals surface area contributed by atoms with Crippen molar-refractivity contribution in [3.63, 3.8) is 0 Å². The van der Waals surface area contributed by atoms with Crippen molar-refractivity contribution in [1.29, 1.82) is 0 Å². The van der Waals surface area contributed by atoms with Crippen molar-refractivity contribution in [3.05, 3.63) is 78.9 Å². The molecule has 1 aromatic heterocycles. The zero-order chi connectivity index (χ0) is 21.1.